The number of hydrogen-bond donors (Lipinski definition) is 2. The number of carbonyl (C=O) groups excluding carboxylic acids is 2. The highest BCUT2D eigenvalue weighted by molar-refractivity contribution is 7.89. The van der Waals surface area contributed by atoms with Gasteiger partial charge in [0.2, 0.25) is 10.0 Å². The van der Waals surface area contributed by atoms with Crippen LogP contribution in [0.15, 0.2) is 40.6 Å². The molecule has 2 heterocycles. The normalized spacial score (nSPS) is 17.7. The molecule has 1 aliphatic heterocycles. The average Bonchev–Trinajstić information content (AvgIpc) is 3.21. The fourth-order valence-corrected chi connectivity index (χ4v) is 6.05. The molecule has 0 aliphatic carbocycles. The first-order valence-electron chi connectivity index (χ1n) is 9.61. The summed E-state index contributed by atoms with van der Waals surface area (Å²) in [5.41, 5.74) is 0.714. The highest BCUT2D eigenvalue weighted by Crippen LogP contribution is 2.28. The van der Waals surface area contributed by atoms with E-state index in [1.54, 1.807) is 15.8 Å². The van der Waals surface area contributed by atoms with Gasteiger partial charge in [-0.1, -0.05) is 13.3 Å². The summed E-state index contributed by atoms with van der Waals surface area (Å²) in [6.45, 7) is 2.54. The molecule has 2 N–H and O–H groups in total. The molecule has 0 saturated carbocycles. The molecule has 7 nitrogen and oxygen atoms in total. The van der Waals surface area contributed by atoms with Crippen LogP contribution in [0.2, 0.25) is 0 Å². The zero-order chi connectivity index (χ0) is 21.0. The quantitative estimate of drug-likeness (QED) is 0.728. The molecule has 1 atom stereocenters. The van der Waals surface area contributed by atoms with Crippen LogP contribution in [-0.4, -0.2) is 44.2 Å². The Hall–Kier alpha value is -2.23. The molecule has 2 aromatic rings. The number of amides is 2. The van der Waals surface area contributed by atoms with Crippen LogP contribution in [0.25, 0.3) is 0 Å². The molecule has 29 heavy (non-hydrogen) atoms. The van der Waals surface area contributed by atoms with Crippen molar-refractivity contribution in [3.63, 3.8) is 0 Å². The third-order valence-electron chi connectivity index (χ3n) is 5.13. The van der Waals surface area contributed by atoms with Crippen LogP contribution < -0.4 is 10.6 Å². The molecule has 0 unspecified atom stereocenters. The summed E-state index contributed by atoms with van der Waals surface area (Å²) >= 11 is 1.25. The summed E-state index contributed by atoms with van der Waals surface area (Å²) in [4.78, 5) is 24.6. The number of hydrogen-bond acceptors (Lipinski definition) is 5. The van der Waals surface area contributed by atoms with Crippen molar-refractivity contribution in [3.8, 4) is 0 Å². The number of thiophene rings is 1. The summed E-state index contributed by atoms with van der Waals surface area (Å²) in [7, 11) is -2.06. The van der Waals surface area contributed by atoms with E-state index in [9.17, 15) is 18.0 Å². The fourth-order valence-electron chi connectivity index (χ4n) is 3.51. The number of sulfonamides is 1. The van der Waals surface area contributed by atoms with Gasteiger partial charge < -0.3 is 10.6 Å². The number of piperidine rings is 1. The number of anilines is 1. The lowest BCUT2D eigenvalue weighted by molar-refractivity contribution is 0.0964. The van der Waals surface area contributed by atoms with E-state index in [4.69, 9.17) is 0 Å². The largest absolute Gasteiger partial charge is 0.355 e. The first-order chi connectivity index (χ1) is 13.9. The highest BCUT2D eigenvalue weighted by atomic mass is 32.2. The minimum atomic E-state index is -3.59. The Morgan fingerprint density at radius 1 is 1.14 bits per heavy atom. The molecule has 9 heteroatoms. The molecule has 1 aromatic heterocycles. The zero-order valence-corrected chi connectivity index (χ0v) is 18.1. The Morgan fingerprint density at radius 3 is 2.52 bits per heavy atom. The predicted molar refractivity (Wildman–Crippen MR) is 114 cm³/mol. The zero-order valence-electron chi connectivity index (χ0n) is 16.5. The van der Waals surface area contributed by atoms with Crippen molar-refractivity contribution >= 4 is 38.2 Å². The smallest absolute Gasteiger partial charge is 0.256 e. The molecule has 1 aromatic carbocycles. The molecule has 1 saturated heterocycles. The lowest BCUT2D eigenvalue weighted by atomic mass is 10.0. The second kappa shape index (κ2) is 9.06. The van der Waals surface area contributed by atoms with Crippen molar-refractivity contribution in [1.82, 2.24) is 9.62 Å². The van der Waals surface area contributed by atoms with E-state index in [0.717, 1.165) is 25.7 Å². The van der Waals surface area contributed by atoms with Crippen molar-refractivity contribution in [3.05, 3.63) is 46.8 Å². The van der Waals surface area contributed by atoms with E-state index >= 15 is 0 Å². The van der Waals surface area contributed by atoms with Gasteiger partial charge in [0.05, 0.1) is 10.5 Å². The van der Waals surface area contributed by atoms with Crippen LogP contribution in [0.3, 0.4) is 0 Å². The van der Waals surface area contributed by atoms with E-state index in [2.05, 4.69) is 10.6 Å². The third kappa shape index (κ3) is 4.52. The second-order valence-corrected chi connectivity index (χ2v) is 9.70. The lowest BCUT2D eigenvalue weighted by Gasteiger charge is -2.34. The van der Waals surface area contributed by atoms with Gasteiger partial charge in [0, 0.05) is 25.2 Å². The molecule has 2 amide bonds. The first kappa shape index (κ1) is 21.5. The number of nitrogens with zero attached hydrogens (tertiary/aromatic N) is 1. The summed E-state index contributed by atoms with van der Waals surface area (Å²) in [5, 5.41) is 7.42. The van der Waals surface area contributed by atoms with Crippen molar-refractivity contribution in [2.75, 3.05) is 18.9 Å². The summed E-state index contributed by atoms with van der Waals surface area (Å²) in [6.07, 6.45) is 3.58. The molecular weight excluding hydrogens is 410 g/mol. The standard InChI is InChI=1S/C20H25N3O4S2/c1-3-15-6-4-5-12-23(15)29(26,27)16-9-7-14(8-10-16)18(24)22-20-17(11-13-28-20)19(25)21-2/h7-11,13,15H,3-6,12H2,1-2H3,(H,21,25)(H,22,24)/t15-/m1/s1. The monoisotopic (exact) mass is 435 g/mol. The van der Waals surface area contributed by atoms with Crippen LogP contribution in [0, 0.1) is 0 Å². The summed E-state index contributed by atoms with van der Waals surface area (Å²) in [6, 6.07) is 7.61. The van der Waals surface area contributed by atoms with E-state index in [1.165, 1.54) is 42.6 Å². The Morgan fingerprint density at radius 2 is 1.86 bits per heavy atom. The SMILES string of the molecule is CC[C@@H]1CCCCN1S(=O)(=O)c1ccc(C(=O)Nc2sccc2C(=O)NC)cc1. The van der Waals surface area contributed by atoms with Gasteiger partial charge in [-0.05, 0) is 55.0 Å². The van der Waals surface area contributed by atoms with Gasteiger partial charge in [0.1, 0.15) is 5.00 Å². The highest BCUT2D eigenvalue weighted by Gasteiger charge is 2.32. The first-order valence-corrected chi connectivity index (χ1v) is 11.9. The molecule has 3 rings (SSSR count). The van der Waals surface area contributed by atoms with Gasteiger partial charge in [-0.15, -0.1) is 11.3 Å². The summed E-state index contributed by atoms with van der Waals surface area (Å²) in [5.74, 6) is -0.680. The molecule has 0 bridgehead atoms. The molecule has 0 spiro atoms. The van der Waals surface area contributed by atoms with Crippen LogP contribution in [0.1, 0.15) is 53.3 Å². The third-order valence-corrected chi connectivity index (χ3v) is 7.93. The van der Waals surface area contributed by atoms with Crippen LogP contribution >= 0.6 is 11.3 Å². The molecule has 0 radical (unpaired) electrons. The number of rotatable bonds is 6. The van der Waals surface area contributed by atoms with Crippen molar-refractivity contribution in [2.24, 2.45) is 0 Å². The van der Waals surface area contributed by atoms with Crippen molar-refractivity contribution < 1.29 is 18.0 Å². The van der Waals surface area contributed by atoms with E-state index in [-0.39, 0.29) is 16.8 Å². The topological polar surface area (TPSA) is 95.6 Å². The van der Waals surface area contributed by atoms with Crippen molar-refractivity contribution in [1.29, 1.82) is 0 Å². The van der Waals surface area contributed by atoms with Crippen molar-refractivity contribution in [2.45, 2.75) is 43.5 Å². The van der Waals surface area contributed by atoms with Gasteiger partial charge in [-0.25, -0.2) is 8.42 Å². The van der Waals surface area contributed by atoms with E-state index in [0.29, 0.717) is 22.7 Å². The maximum Gasteiger partial charge on any atom is 0.256 e. The minimum Gasteiger partial charge on any atom is -0.355 e. The van der Waals surface area contributed by atoms with Crippen LogP contribution in [0.5, 0.6) is 0 Å². The number of benzene rings is 1. The lowest BCUT2D eigenvalue weighted by Crippen LogP contribution is -2.43. The van der Waals surface area contributed by atoms with Gasteiger partial charge in [0.25, 0.3) is 11.8 Å². The van der Waals surface area contributed by atoms with E-state index < -0.39 is 15.9 Å². The van der Waals surface area contributed by atoms with Crippen LogP contribution in [-0.2, 0) is 10.0 Å². The fraction of sp³-hybridized carbons (Fsp3) is 0.400. The Bertz CT molecular complexity index is 983. The van der Waals surface area contributed by atoms with Crippen LogP contribution in [0.4, 0.5) is 5.00 Å². The van der Waals surface area contributed by atoms with E-state index in [1.807, 2.05) is 6.92 Å². The van der Waals surface area contributed by atoms with Gasteiger partial charge in [0.15, 0.2) is 0 Å². The Labute approximate surface area is 175 Å². The molecular formula is C20H25N3O4S2. The van der Waals surface area contributed by atoms with Gasteiger partial charge >= 0.3 is 0 Å². The number of carbonyl (C=O) groups is 2. The maximum atomic E-state index is 13.0. The maximum absolute atomic E-state index is 13.0. The van der Waals surface area contributed by atoms with Gasteiger partial charge in [-0.2, -0.15) is 4.31 Å². The minimum absolute atomic E-state index is 0.0266. The Kier molecular flexibility index (Phi) is 6.71. The Balaban J connectivity index is 1.77. The summed E-state index contributed by atoms with van der Waals surface area (Å²) < 4.78 is 27.6. The second-order valence-electron chi connectivity index (χ2n) is 6.89. The molecule has 1 fully saturated rings. The number of nitrogens with one attached hydrogen (secondary N) is 2. The molecule has 1 aliphatic rings. The predicted octanol–water partition coefficient (Wildman–Crippen LogP) is 3.31. The molecule has 156 valence electrons. The van der Waals surface area contributed by atoms with Gasteiger partial charge in [-0.3, -0.25) is 9.59 Å². The average molecular weight is 436 g/mol.